The van der Waals surface area contributed by atoms with Crippen LogP contribution >= 0.6 is 0 Å². The van der Waals surface area contributed by atoms with Crippen molar-refractivity contribution in [3.05, 3.63) is 49.1 Å². The number of anilines is 1. The Morgan fingerprint density at radius 2 is 1.94 bits per heavy atom. The molecule has 78 valence electrons. The van der Waals surface area contributed by atoms with Crippen molar-refractivity contribution in [2.24, 2.45) is 0 Å². The summed E-state index contributed by atoms with van der Waals surface area (Å²) < 4.78 is 1.92. The minimum absolute atomic E-state index is 0.529. The lowest BCUT2D eigenvalue weighted by molar-refractivity contribution is 1.19. The summed E-state index contributed by atoms with van der Waals surface area (Å²) in [5.74, 6) is 0.529. The topological polar surface area (TPSA) is 56.2 Å². The van der Waals surface area contributed by atoms with Gasteiger partial charge < -0.3 is 10.1 Å². The van der Waals surface area contributed by atoms with E-state index in [1.807, 2.05) is 34.9 Å². The molecule has 0 radical (unpaired) electrons. The van der Waals surface area contributed by atoms with Crippen LogP contribution in [0.25, 0.3) is 16.8 Å². The van der Waals surface area contributed by atoms with Gasteiger partial charge in [-0.25, -0.2) is 4.98 Å². The van der Waals surface area contributed by atoms with Crippen LogP contribution in [0.15, 0.2) is 49.1 Å². The Morgan fingerprint density at radius 1 is 1.12 bits per heavy atom. The van der Waals surface area contributed by atoms with E-state index >= 15 is 0 Å². The molecular weight excluding hydrogens is 200 g/mol. The average Bonchev–Trinajstić information content (AvgIpc) is 2.70. The van der Waals surface area contributed by atoms with E-state index < -0.39 is 0 Å². The Kier molecular flexibility index (Phi) is 1.86. The normalized spacial score (nSPS) is 10.8. The molecular formula is C12H10N4. The van der Waals surface area contributed by atoms with Gasteiger partial charge >= 0.3 is 0 Å². The number of nitrogen functional groups attached to an aromatic ring is 1. The molecule has 0 saturated heterocycles. The van der Waals surface area contributed by atoms with Crippen molar-refractivity contribution < 1.29 is 0 Å². The van der Waals surface area contributed by atoms with Gasteiger partial charge in [-0.15, -0.1) is 0 Å². The zero-order valence-corrected chi connectivity index (χ0v) is 8.54. The molecule has 0 saturated carbocycles. The van der Waals surface area contributed by atoms with Crippen LogP contribution in [0.5, 0.6) is 0 Å². The molecule has 0 fully saturated rings. The molecule has 3 aromatic heterocycles. The summed E-state index contributed by atoms with van der Waals surface area (Å²) in [5, 5.41) is 0. The molecule has 0 aliphatic carbocycles. The van der Waals surface area contributed by atoms with E-state index in [0.717, 1.165) is 16.8 Å². The number of fused-ring (bicyclic) bond motifs is 1. The highest BCUT2D eigenvalue weighted by atomic mass is 15.0. The molecule has 16 heavy (non-hydrogen) atoms. The SMILES string of the molecule is Nc1cn2cccc(-c3ccncc3)c2n1. The third kappa shape index (κ3) is 1.32. The van der Waals surface area contributed by atoms with Gasteiger partial charge in [-0.3, -0.25) is 4.98 Å². The zero-order valence-electron chi connectivity index (χ0n) is 8.54. The summed E-state index contributed by atoms with van der Waals surface area (Å²) in [6.45, 7) is 0. The van der Waals surface area contributed by atoms with Gasteiger partial charge in [0.1, 0.15) is 11.5 Å². The second-order valence-corrected chi connectivity index (χ2v) is 3.55. The van der Waals surface area contributed by atoms with Gasteiger partial charge in [0, 0.05) is 24.2 Å². The van der Waals surface area contributed by atoms with E-state index in [4.69, 9.17) is 5.73 Å². The van der Waals surface area contributed by atoms with Gasteiger partial charge in [0.15, 0.2) is 0 Å². The van der Waals surface area contributed by atoms with Gasteiger partial charge in [-0.2, -0.15) is 0 Å². The first-order valence-corrected chi connectivity index (χ1v) is 4.98. The summed E-state index contributed by atoms with van der Waals surface area (Å²) in [6, 6.07) is 7.92. The quantitative estimate of drug-likeness (QED) is 0.668. The fraction of sp³-hybridized carbons (Fsp3) is 0. The lowest BCUT2D eigenvalue weighted by Crippen LogP contribution is -1.87. The molecule has 2 N–H and O–H groups in total. The Balaban J connectivity index is 2.31. The maximum atomic E-state index is 5.69. The highest BCUT2D eigenvalue weighted by Crippen LogP contribution is 2.23. The second-order valence-electron chi connectivity index (χ2n) is 3.55. The van der Waals surface area contributed by atoms with Crippen molar-refractivity contribution in [2.45, 2.75) is 0 Å². The average molecular weight is 210 g/mol. The van der Waals surface area contributed by atoms with Crippen molar-refractivity contribution >= 4 is 11.5 Å². The first-order valence-electron chi connectivity index (χ1n) is 4.98. The fourth-order valence-electron chi connectivity index (χ4n) is 1.79. The molecule has 0 aliphatic heterocycles. The van der Waals surface area contributed by atoms with Crippen LogP contribution in [0, 0.1) is 0 Å². The highest BCUT2D eigenvalue weighted by molar-refractivity contribution is 5.78. The van der Waals surface area contributed by atoms with Crippen LogP contribution in [0.1, 0.15) is 0 Å². The summed E-state index contributed by atoms with van der Waals surface area (Å²) >= 11 is 0. The number of nitrogens with two attached hydrogens (primary N) is 1. The van der Waals surface area contributed by atoms with Crippen LogP contribution < -0.4 is 5.73 Å². The molecule has 4 nitrogen and oxygen atoms in total. The monoisotopic (exact) mass is 210 g/mol. The van der Waals surface area contributed by atoms with Crippen molar-refractivity contribution in [3.8, 4) is 11.1 Å². The van der Waals surface area contributed by atoms with E-state index in [0.29, 0.717) is 5.82 Å². The lowest BCUT2D eigenvalue weighted by Gasteiger charge is -2.02. The van der Waals surface area contributed by atoms with Gasteiger partial charge in [0.05, 0.1) is 6.20 Å². The predicted molar refractivity (Wildman–Crippen MR) is 62.8 cm³/mol. The molecule has 0 atom stereocenters. The molecule has 4 heteroatoms. The lowest BCUT2D eigenvalue weighted by atomic mass is 10.1. The number of hydrogen-bond acceptors (Lipinski definition) is 3. The molecule has 3 rings (SSSR count). The molecule has 3 aromatic rings. The van der Waals surface area contributed by atoms with Crippen molar-refractivity contribution in [1.29, 1.82) is 0 Å². The van der Waals surface area contributed by atoms with Crippen LogP contribution in [0.4, 0.5) is 5.82 Å². The number of pyridine rings is 2. The van der Waals surface area contributed by atoms with Crippen molar-refractivity contribution in [3.63, 3.8) is 0 Å². The predicted octanol–water partition coefficient (Wildman–Crippen LogP) is 1.98. The largest absolute Gasteiger partial charge is 0.382 e. The molecule has 0 spiro atoms. The van der Waals surface area contributed by atoms with Crippen LogP contribution in [-0.2, 0) is 0 Å². The summed E-state index contributed by atoms with van der Waals surface area (Å²) in [7, 11) is 0. The second kappa shape index (κ2) is 3.34. The number of imidazole rings is 1. The molecule has 0 unspecified atom stereocenters. The van der Waals surface area contributed by atoms with E-state index in [1.54, 1.807) is 18.6 Å². The third-order valence-electron chi connectivity index (χ3n) is 2.49. The smallest absolute Gasteiger partial charge is 0.147 e. The van der Waals surface area contributed by atoms with Crippen LogP contribution in [0.3, 0.4) is 0 Å². The molecule has 0 bridgehead atoms. The Hall–Kier alpha value is -2.36. The van der Waals surface area contributed by atoms with Gasteiger partial charge in [0.25, 0.3) is 0 Å². The first kappa shape index (κ1) is 8.91. The maximum absolute atomic E-state index is 5.69. The minimum Gasteiger partial charge on any atom is -0.382 e. The summed E-state index contributed by atoms with van der Waals surface area (Å²) in [4.78, 5) is 8.31. The number of nitrogens with zero attached hydrogens (tertiary/aromatic N) is 3. The first-order chi connectivity index (χ1) is 7.84. The Morgan fingerprint density at radius 3 is 2.75 bits per heavy atom. The molecule has 0 amide bonds. The Bertz CT molecular complexity index is 628. The molecule has 0 aliphatic rings. The highest BCUT2D eigenvalue weighted by Gasteiger charge is 2.05. The Labute approximate surface area is 92.4 Å². The fourth-order valence-corrected chi connectivity index (χ4v) is 1.79. The van der Waals surface area contributed by atoms with Gasteiger partial charge in [-0.05, 0) is 29.8 Å². The van der Waals surface area contributed by atoms with Crippen molar-refractivity contribution in [1.82, 2.24) is 14.4 Å². The number of rotatable bonds is 1. The van der Waals surface area contributed by atoms with Gasteiger partial charge in [-0.1, -0.05) is 0 Å². The summed E-state index contributed by atoms with van der Waals surface area (Å²) in [6.07, 6.45) is 7.28. The number of aromatic nitrogens is 3. The van der Waals surface area contributed by atoms with E-state index in [1.165, 1.54) is 0 Å². The molecule has 3 heterocycles. The van der Waals surface area contributed by atoms with E-state index in [-0.39, 0.29) is 0 Å². The van der Waals surface area contributed by atoms with E-state index in [9.17, 15) is 0 Å². The van der Waals surface area contributed by atoms with Crippen LogP contribution in [-0.4, -0.2) is 14.4 Å². The zero-order chi connectivity index (χ0) is 11.0. The van der Waals surface area contributed by atoms with Gasteiger partial charge in [0.2, 0.25) is 0 Å². The van der Waals surface area contributed by atoms with E-state index in [2.05, 4.69) is 9.97 Å². The molecule has 0 aromatic carbocycles. The van der Waals surface area contributed by atoms with Crippen molar-refractivity contribution in [2.75, 3.05) is 5.73 Å². The van der Waals surface area contributed by atoms with Crippen LogP contribution in [0.2, 0.25) is 0 Å². The minimum atomic E-state index is 0.529. The maximum Gasteiger partial charge on any atom is 0.147 e. The summed E-state index contributed by atoms with van der Waals surface area (Å²) in [5.41, 5.74) is 8.71. The standard InChI is InChI=1S/C12H10N4/c13-11-8-16-7-1-2-10(12(16)15-11)9-3-5-14-6-4-9/h1-8H,13H2. The number of hydrogen-bond donors (Lipinski definition) is 1. The third-order valence-corrected chi connectivity index (χ3v) is 2.49.